The van der Waals surface area contributed by atoms with Crippen molar-refractivity contribution in [2.24, 2.45) is 11.8 Å². The third-order valence-corrected chi connectivity index (χ3v) is 23.8. The summed E-state index contributed by atoms with van der Waals surface area (Å²) in [7, 11) is -7.46. The Bertz CT molecular complexity index is 1170. The second-order valence-electron chi connectivity index (χ2n) is 22.6. The van der Waals surface area contributed by atoms with Crippen LogP contribution in [0.25, 0.3) is 0 Å². The van der Waals surface area contributed by atoms with E-state index >= 15 is 0 Å². The molecule has 0 heterocycles. The minimum Gasteiger partial charge on any atom is -0.374 e. The Kier molecular flexibility index (Phi) is 84.3. The maximum atomic E-state index is 6.02. The van der Waals surface area contributed by atoms with Gasteiger partial charge >= 0.3 is 26.4 Å². The molecule has 0 spiro atoms. The smallest absolute Gasteiger partial charge is 0.374 e. The summed E-state index contributed by atoms with van der Waals surface area (Å²) >= 11 is 0. The molecule has 0 fully saturated rings. The predicted octanol–water partition coefficient (Wildman–Crippen LogP) is 24.4. The van der Waals surface area contributed by atoms with Crippen LogP contribution in [0.4, 0.5) is 0 Å². The molecule has 84 heavy (non-hydrogen) atoms. The highest BCUT2D eigenvalue weighted by Crippen LogP contribution is 2.29. The van der Waals surface area contributed by atoms with E-state index < -0.39 is 26.4 Å². The van der Waals surface area contributed by atoms with E-state index in [4.69, 9.17) is 39.8 Å². The van der Waals surface area contributed by atoms with Crippen LogP contribution in [0.5, 0.6) is 0 Å². The third-order valence-electron chi connectivity index (χ3n) is 15.1. The zero-order valence-electron chi connectivity index (χ0n) is 59.8. The normalized spacial score (nSPS) is 12.2. The summed E-state index contributed by atoms with van der Waals surface area (Å²) in [6, 6.07) is 1.88. The molecular formula is C72H154O9Si3. The highest BCUT2D eigenvalue weighted by atomic mass is 28.4. The Morgan fingerprint density at radius 1 is 0.274 bits per heavy atom. The Morgan fingerprint density at radius 3 is 0.810 bits per heavy atom. The van der Waals surface area contributed by atoms with Gasteiger partial charge in [-0.15, -0.1) is 13.2 Å². The Labute approximate surface area is 532 Å². The molecule has 0 aliphatic rings. The number of hydrogen-bond donors (Lipinski definition) is 0. The minimum atomic E-state index is -2.51. The summed E-state index contributed by atoms with van der Waals surface area (Å²) in [5.74, 6) is 1.36. The van der Waals surface area contributed by atoms with Crippen LogP contribution in [0.1, 0.15) is 348 Å². The van der Waals surface area contributed by atoms with Gasteiger partial charge < -0.3 is 39.8 Å². The topological polar surface area (TPSA) is 83.1 Å². The third kappa shape index (κ3) is 64.5. The average molecular weight is 1250 g/mol. The van der Waals surface area contributed by atoms with Gasteiger partial charge in [-0.25, -0.2) is 0 Å². The van der Waals surface area contributed by atoms with E-state index in [1.165, 1.54) is 238 Å². The summed E-state index contributed by atoms with van der Waals surface area (Å²) in [6.07, 6.45) is 56.2. The first-order valence-corrected chi connectivity index (χ1v) is 42.2. The number of hydrogen-bond acceptors (Lipinski definition) is 9. The van der Waals surface area contributed by atoms with E-state index in [0.717, 1.165) is 24.4 Å². The van der Waals surface area contributed by atoms with Crippen molar-refractivity contribution in [1.29, 1.82) is 0 Å². The lowest BCUT2D eigenvalue weighted by Gasteiger charge is -2.30. The number of unbranched alkanes of at least 4 members (excludes halogenated alkanes) is 28. The molecule has 0 aromatic rings. The van der Waals surface area contributed by atoms with E-state index in [-0.39, 0.29) is 0 Å². The van der Waals surface area contributed by atoms with Crippen LogP contribution in [0.15, 0.2) is 37.6 Å². The fourth-order valence-electron chi connectivity index (χ4n) is 10.4. The highest BCUT2D eigenvalue weighted by Gasteiger charge is 2.41. The first kappa shape index (κ1) is 92.2. The van der Waals surface area contributed by atoms with Crippen molar-refractivity contribution in [2.75, 3.05) is 59.5 Å². The molecule has 9 nitrogen and oxygen atoms in total. The van der Waals surface area contributed by atoms with E-state index in [9.17, 15) is 0 Å². The zero-order chi connectivity index (χ0) is 63.8. The van der Waals surface area contributed by atoms with Crippen molar-refractivity contribution in [3.8, 4) is 0 Å². The van der Waals surface area contributed by atoms with Crippen LogP contribution < -0.4 is 0 Å². The van der Waals surface area contributed by atoms with Crippen LogP contribution in [0, 0.1) is 11.8 Å². The molecule has 0 aromatic heterocycles. The molecule has 0 saturated heterocycles. The van der Waals surface area contributed by atoms with Crippen LogP contribution in [0.3, 0.4) is 0 Å². The number of rotatable bonds is 61. The Balaban J connectivity index is -0.000000323. The summed E-state index contributed by atoms with van der Waals surface area (Å²) in [4.78, 5) is 0. The lowest BCUT2D eigenvalue weighted by atomic mass is 9.92. The van der Waals surface area contributed by atoms with Crippen LogP contribution in [-0.4, -0.2) is 85.9 Å². The van der Waals surface area contributed by atoms with Gasteiger partial charge in [0.2, 0.25) is 0 Å². The molecule has 0 rings (SSSR count). The molecule has 0 aliphatic carbocycles. The summed E-state index contributed by atoms with van der Waals surface area (Å²) in [5, 5.41) is 0. The molecule has 0 amide bonds. The molecule has 0 aromatic carbocycles. The van der Waals surface area contributed by atoms with E-state index in [2.05, 4.69) is 67.4 Å². The van der Waals surface area contributed by atoms with Crippen molar-refractivity contribution < 1.29 is 39.8 Å². The zero-order valence-corrected chi connectivity index (χ0v) is 62.8. The standard InChI is InChI=1S/C20H42O3Si.C20H44O3Si.C12H26.C12H24.C8H18O3Si/c1-6-11-12-13-14-15-16-17-20(7-2)18-19-24(21-8-3,22-9-4)23-10-5;1-6-11-13-15-17-20(16-14-12-7-2)18-19-24(21-8-3,22-9-4)23-10-5;2*1-3-5-7-9-11-12-10-8-6-4-2;1-5-9-12(8-4,10-6-2)11-7-3/h7,20H,2,6,8-19H2,1,3-5H3;20H,6-19H2,1-5H3;3-12H2,1-2H3;3H,1,4-12H2,2H3;8H,4-7H2,1-3H3. The minimum absolute atomic E-state index is 0.550. The molecule has 2 atom stereocenters. The lowest BCUT2D eigenvalue weighted by Crippen LogP contribution is -2.46. The van der Waals surface area contributed by atoms with E-state index in [1.54, 1.807) is 5.70 Å². The maximum Gasteiger partial charge on any atom is 0.528 e. The van der Waals surface area contributed by atoms with Gasteiger partial charge in [0.05, 0.1) is 0 Å². The maximum absolute atomic E-state index is 6.02. The average Bonchev–Trinajstić information content (AvgIpc) is 3.66. The summed E-state index contributed by atoms with van der Waals surface area (Å²) < 4.78 is 52.2. The van der Waals surface area contributed by atoms with Gasteiger partial charge in [0.15, 0.2) is 0 Å². The first-order chi connectivity index (χ1) is 40.9. The van der Waals surface area contributed by atoms with Gasteiger partial charge in [0.1, 0.15) is 0 Å². The van der Waals surface area contributed by atoms with Gasteiger partial charge in [-0.2, -0.15) is 0 Å². The molecule has 508 valence electrons. The van der Waals surface area contributed by atoms with Crippen molar-refractivity contribution in [3.05, 3.63) is 37.6 Å². The molecular weight excluding hydrogens is 1090 g/mol. The molecule has 2 unspecified atom stereocenters. The molecule has 0 saturated carbocycles. The summed E-state index contributed by atoms with van der Waals surface area (Å²) in [5.41, 5.74) is 1.67. The Morgan fingerprint density at radius 2 is 0.524 bits per heavy atom. The number of allylic oxidation sites excluding steroid dienone is 2. The van der Waals surface area contributed by atoms with Crippen LogP contribution >= 0.6 is 0 Å². The van der Waals surface area contributed by atoms with Crippen molar-refractivity contribution in [2.45, 2.75) is 360 Å². The molecule has 0 aliphatic heterocycles. The lowest BCUT2D eigenvalue weighted by molar-refractivity contribution is 0.0687. The molecule has 0 radical (unpaired) electrons. The van der Waals surface area contributed by atoms with Gasteiger partial charge in [-0.3, -0.25) is 0 Å². The fraction of sp³-hybridized carbons (Fsp3) is 0.917. The second-order valence-corrected chi connectivity index (χ2v) is 30.6. The highest BCUT2D eigenvalue weighted by molar-refractivity contribution is 6.66. The predicted molar refractivity (Wildman–Crippen MR) is 379 cm³/mol. The Hall–Kier alpha value is -0.489. The monoisotopic (exact) mass is 1250 g/mol. The van der Waals surface area contributed by atoms with Crippen molar-refractivity contribution >= 4 is 26.4 Å². The van der Waals surface area contributed by atoms with Crippen LogP contribution in [-0.2, 0) is 39.8 Å². The SMILES string of the molecule is C=CC(CCCCCCCCC)CC[Si](OCC)(OCC)OCC.C=CCCCCCCCCCC.C=C[Si](OCC)(OCC)OCC.CCCCCCC(CCCCC)CC[Si](OCC)(OCC)OCC.CCCCCCCCCCCC. The molecule has 0 N–H and O–H groups in total. The first-order valence-electron chi connectivity index (χ1n) is 36.5. The summed E-state index contributed by atoms with van der Waals surface area (Å²) in [6.45, 7) is 48.8. The van der Waals surface area contributed by atoms with Gasteiger partial charge in [0, 0.05) is 71.6 Å². The second kappa shape index (κ2) is 76.8. The molecule has 0 bridgehead atoms. The van der Waals surface area contributed by atoms with Gasteiger partial charge in [0.25, 0.3) is 0 Å². The van der Waals surface area contributed by atoms with Crippen LogP contribution in [0.2, 0.25) is 12.1 Å². The fourth-order valence-corrected chi connectivity index (χ4v) is 17.7. The van der Waals surface area contributed by atoms with Gasteiger partial charge in [-0.05, 0) is 112 Å². The van der Waals surface area contributed by atoms with Gasteiger partial charge in [-0.1, -0.05) is 272 Å². The van der Waals surface area contributed by atoms with E-state index in [1.807, 2.05) is 68.4 Å². The van der Waals surface area contributed by atoms with Crippen molar-refractivity contribution in [3.63, 3.8) is 0 Å². The largest absolute Gasteiger partial charge is 0.528 e. The van der Waals surface area contributed by atoms with Crippen molar-refractivity contribution in [1.82, 2.24) is 0 Å². The van der Waals surface area contributed by atoms with E-state index in [0.29, 0.717) is 65.4 Å². The quantitative estimate of drug-likeness (QED) is 0.0336. The molecule has 12 heteroatoms.